The topological polar surface area (TPSA) is 84.6 Å². The van der Waals surface area contributed by atoms with Crippen molar-refractivity contribution in [2.75, 3.05) is 26.3 Å². The second-order valence-corrected chi connectivity index (χ2v) is 3.16. The van der Waals surface area contributed by atoms with Crippen molar-refractivity contribution in [2.45, 2.75) is 13.0 Å². The van der Waals surface area contributed by atoms with Gasteiger partial charge in [0.1, 0.15) is 6.04 Å². The number of nitrogens with two attached hydrogens (primary N) is 1. The standard InChI is InChI=1S/C9H18N2O3/c1-7(2)6-14-4-3-11-5-8(10)9(12)13/h8,11H,1,3-6,10H2,2H3,(H,12,13). The third-order valence-electron chi connectivity index (χ3n) is 1.45. The molecule has 0 aromatic carbocycles. The molecule has 0 aromatic rings. The van der Waals surface area contributed by atoms with Crippen LogP contribution in [0.5, 0.6) is 0 Å². The lowest BCUT2D eigenvalue weighted by atomic mass is 10.3. The van der Waals surface area contributed by atoms with Crippen molar-refractivity contribution in [3.8, 4) is 0 Å². The SMILES string of the molecule is C=C(C)COCCNCC(N)C(=O)O. The molecule has 14 heavy (non-hydrogen) atoms. The Morgan fingerprint density at radius 1 is 1.71 bits per heavy atom. The Bertz CT molecular complexity index is 194. The van der Waals surface area contributed by atoms with Crippen molar-refractivity contribution in [3.05, 3.63) is 12.2 Å². The second kappa shape index (κ2) is 7.49. The van der Waals surface area contributed by atoms with Crippen LogP contribution in [-0.2, 0) is 9.53 Å². The van der Waals surface area contributed by atoms with Gasteiger partial charge in [0.25, 0.3) is 0 Å². The van der Waals surface area contributed by atoms with E-state index in [2.05, 4.69) is 11.9 Å². The molecule has 82 valence electrons. The average Bonchev–Trinajstić information content (AvgIpc) is 2.09. The van der Waals surface area contributed by atoms with Gasteiger partial charge in [-0.2, -0.15) is 0 Å². The molecule has 0 aliphatic rings. The van der Waals surface area contributed by atoms with E-state index in [-0.39, 0.29) is 6.54 Å². The maximum atomic E-state index is 10.3. The fourth-order valence-corrected chi connectivity index (χ4v) is 0.736. The molecular weight excluding hydrogens is 184 g/mol. The zero-order chi connectivity index (χ0) is 11.0. The minimum Gasteiger partial charge on any atom is -0.480 e. The van der Waals surface area contributed by atoms with Gasteiger partial charge in [0.05, 0.1) is 13.2 Å². The molecule has 0 aliphatic heterocycles. The van der Waals surface area contributed by atoms with E-state index in [9.17, 15) is 4.79 Å². The maximum Gasteiger partial charge on any atom is 0.321 e. The number of carboxylic acids is 1. The Morgan fingerprint density at radius 3 is 2.86 bits per heavy atom. The molecular formula is C9H18N2O3. The Hall–Kier alpha value is -0.910. The van der Waals surface area contributed by atoms with E-state index in [1.165, 1.54) is 0 Å². The number of carboxylic acid groups (broad SMARTS) is 1. The van der Waals surface area contributed by atoms with Gasteiger partial charge in [-0.3, -0.25) is 4.79 Å². The van der Waals surface area contributed by atoms with Crippen LogP contribution in [0.1, 0.15) is 6.92 Å². The summed E-state index contributed by atoms with van der Waals surface area (Å²) >= 11 is 0. The molecule has 1 unspecified atom stereocenters. The summed E-state index contributed by atoms with van der Waals surface area (Å²) in [6, 6.07) is -0.851. The van der Waals surface area contributed by atoms with Crippen molar-refractivity contribution in [1.29, 1.82) is 0 Å². The summed E-state index contributed by atoms with van der Waals surface area (Å²) in [7, 11) is 0. The fourth-order valence-electron chi connectivity index (χ4n) is 0.736. The highest BCUT2D eigenvalue weighted by Crippen LogP contribution is 1.86. The van der Waals surface area contributed by atoms with Crippen molar-refractivity contribution < 1.29 is 14.6 Å². The van der Waals surface area contributed by atoms with E-state index in [1.54, 1.807) is 0 Å². The number of ether oxygens (including phenoxy) is 1. The first-order valence-corrected chi connectivity index (χ1v) is 4.45. The largest absolute Gasteiger partial charge is 0.480 e. The van der Waals surface area contributed by atoms with Gasteiger partial charge in [-0.05, 0) is 6.92 Å². The summed E-state index contributed by atoms with van der Waals surface area (Å²) in [5.74, 6) is -1.000. The zero-order valence-electron chi connectivity index (χ0n) is 8.45. The number of nitrogens with one attached hydrogen (secondary N) is 1. The Balaban J connectivity index is 3.21. The molecule has 0 saturated carbocycles. The summed E-state index contributed by atoms with van der Waals surface area (Å²) in [5.41, 5.74) is 6.23. The van der Waals surface area contributed by atoms with Gasteiger partial charge in [0.2, 0.25) is 0 Å². The third-order valence-corrected chi connectivity index (χ3v) is 1.45. The van der Waals surface area contributed by atoms with Gasteiger partial charge in [-0.25, -0.2) is 0 Å². The summed E-state index contributed by atoms with van der Waals surface area (Å²) in [6.07, 6.45) is 0. The predicted molar refractivity (Wildman–Crippen MR) is 54.1 cm³/mol. The van der Waals surface area contributed by atoms with E-state index >= 15 is 0 Å². The normalized spacial score (nSPS) is 12.4. The lowest BCUT2D eigenvalue weighted by Gasteiger charge is -2.08. The van der Waals surface area contributed by atoms with Crippen LogP contribution in [0, 0.1) is 0 Å². The molecule has 0 aromatic heterocycles. The van der Waals surface area contributed by atoms with Crippen LogP contribution >= 0.6 is 0 Å². The quantitative estimate of drug-likeness (QED) is 0.368. The molecule has 0 spiro atoms. The Kier molecular flexibility index (Phi) is 7.00. The Labute approximate surface area is 83.9 Å². The minimum absolute atomic E-state index is 0.256. The summed E-state index contributed by atoms with van der Waals surface area (Å²) in [4.78, 5) is 10.3. The zero-order valence-corrected chi connectivity index (χ0v) is 8.45. The summed E-state index contributed by atoms with van der Waals surface area (Å²) < 4.78 is 5.19. The molecule has 5 nitrogen and oxygen atoms in total. The highest BCUT2D eigenvalue weighted by Gasteiger charge is 2.09. The minimum atomic E-state index is -1.000. The van der Waals surface area contributed by atoms with E-state index in [4.69, 9.17) is 15.6 Å². The first kappa shape index (κ1) is 13.1. The fraction of sp³-hybridized carbons (Fsp3) is 0.667. The maximum absolute atomic E-state index is 10.3. The van der Waals surface area contributed by atoms with Crippen LogP contribution in [0.2, 0.25) is 0 Å². The van der Waals surface area contributed by atoms with Gasteiger partial charge in [-0.15, -0.1) is 0 Å². The van der Waals surface area contributed by atoms with Crippen molar-refractivity contribution in [2.24, 2.45) is 5.73 Å². The van der Waals surface area contributed by atoms with Crippen molar-refractivity contribution in [1.82, 2.24) is 5.32 Å². The van der Waals surface area contributed by atoms with Gasteiger partial charge in [-0.1, -0.05) is 12.2 Å². The van der Waals surface area contributed by atoms with Gasteiger partial charge in [0, 0.05) is 13.1 Å². The molecule has 1 atom stereocenters. The molecule has 5 heteroatoms. The molecule has 4 N–H and O–H groups in total. The van der Waals surface area contributed by atoms with Crippen LogP contribution in [0.15, 0.2) is 12.2 Å². The predicted octanol–water partition coefficient (Wildman–Crippen LogP) is -0.419. The molecule has 0 heterocycles. The van der Waals surface area contributed by atoms with Gasteiger partial charge >= 0.3 is 5.97 Å². The number of rotatable bonds is 8. The highest BCUT2D eigenvalue weighted by molar-refractivity contribution is 5.73. The summed E-state index contributed by atoms with van der Waals surface area (Å²) in [6.45, 7) is 7.47. The number of hydrogen-bond donors (Lipinski definition) is 3. The molecule has 0 amide bonds. The van der Waals surface area contributed by atoms with Crippen LogP contribution in [0.25, 0.3) is 0 Å². The highest BCUT2D eigenvalue weighted by atomic mass is 16.5. The lowest BCUT2D eigenvalue weighted by Crippen LogP contribution is -2.41. The average molecular weight is 202 g/mol. The number of hydrogen-bond acceptors (Lipinski definition) is 4. The summed E-state index contributed by atoms with van der Waals surface area (Å²) in [5, 5.41) is 11.3. The van der Waals surface area contributed by atoms with Crippen LogP contribution in [-0.4, -0.2) is 43.4 Å². The Morgan fingerprint density at radius 2 is 2.36 bits per heavy atom. The molecule has 0 saturated heterocycles. The van der Waals surface area contributed by atoms with E-state index < -0.39 is 12.0 Å². The van der Waals surface area contributed by atoms with Crippen LogP contribution in [0.4, 0.5) is 0 Å². The molecule has 0 bridgehead atoms. The smallest absolute Gasteiger partial charge is 0.321 e. The van der Waals surface area contributed by atoms with Gasteiger partial charge in [0.15, 0.2) is 0 Å². The molecule has 0 fully saturated rings. The first-order valence-electron chi connectivity index (χ1n) is 4.45. The third kappa shape index (κ3) is 7.72. The second-order valence-electron chi connectivity index (χ2n) is 3.16. The van der Waals surface area contributed by atoms with E-state index in [1.807, 2.05) is 6.92 Å². The van der Waals surface area contributed by atoms with Crippen molar-refractivity contribution in [3.63, 3.8) is 0 Å². The first-order chi connectivity index (χ1) is 6.54. The van der Waals surface area contributed by atoms with E-state index in [0.29, 0.717) is 19.8 Å². The number of carbonyl (C=O) groups is 1. The van der Waals surface area contributed by atoms with Crippen LogP contribution < -0.4 is 11.1 Å². The monoisotopic (exact) mass is 202 g/mol. The molecule has 0 radical (unpaired) electrons. The van der Waals surface area contributed by atoms with Crippen LogP contribution in [0.3, 0.4) is 0 Å². The lowest BCUT2D eigenvalue weighted by molar-refractivity contribution is -0.138. The van der Waals surface area contributed by atoms with Gasteiger partial charge < -0.3 is 20.9 Å². The molecule has 0 aliphatic carbocycles. The number of aliphatic carboxylic acids is 1. The van der Waals surface area contributed by atoms with E-state index in [0.717, 1.165) is 5.57 Å². The molecule has 0 rings (SSSR count). The van der Waals surface area contributed by atoms with Crippen molar-refractivity contribution >= 4 is 5.97 Å².